The smallest absolute Gasteiger partial charge is 0.252 e. The second-order valence-corrected chi connectivity index (χ2v) is 9.87. The van der Waals surface area contributed by atoms with E-state index in [4.69, 9.17) is 30.4 Å². The molecule has 11 nitrogen and oxygen atoms in total. The van der Waals surface area contributed by atoms with Gasteiger partial charge < -0.3 is 51.3 Å². The van der Waals surface area contributed by atoms with Gasteiger partial charge >= 0.3 is 0 Å². The van der Waals surface area contributed by atoms with Crippen LogP contribution in [0.25, 0.3) is 0 Å². The molecule has 1 aliphatic carbocycles. The molecule has 8 unspecified atom stereocenters. The number of carbonyl (C=O) groups excluding carboxylic acids is 1. The number of alkyl halides is 1. The lowest BCUT2D eigenvalue weighted by Gasteiger charge is -2.43. The topological polar surface area (TPSA) is 171 Å². The van der Waals surface area contributed by atoms with Gasteiger partial charge in [0, 0.05) is 31.1 Å². The monoisotopic (exact) mass is 506 g/mol. The van der Waals surface area contributed by atoms with E-state index in [0.717, 1.165) is 19.3 Å². The minimum Gasteiger partial charge on any atom is -0.394 e. The molecule has 204 valence electrons. The van der Waals surface area contributed by atoms with Crippen LogP contribution in [-0.2, 0) is 23.7 Å². The highest BCUT2D eigenvalue weighted by Crippen LogP contribution is 2.32. The number of hydrogen-bond acceptors (Lipinski definition) is 10. The molecule has 2 saturated heterocycles. The lowest BCUT2D eigenvalue weighted by molar-refractivity contribution is -0.265. The van der Waals surface area contributed by atoms with Gasteiger partial charge in [-0.15, -0.1) is 0 Å². The second-order valence-electron chi connectivity index (χ2n) is 9.87. The minimum absolute atomic E-state index is 0.0196. The fraction of sp³-hybridized carbons (Fsp3) is 0.957. The minimum atomic E-state index is -1.85. The van der Waals surface area contributed by atoms with Gasteiger partial charge in [-0.2, -0.15) is 0 Å². The quantitative estimate of drug-likeness (QED) is 0.205. The number of nitrogens with two attached hydrogens (primary N) is 2. The number of aliphatic hydroxyl groups is 2. The predicted octanol–water partition coefficient (Wildman–Crippen LogP) is -0.979. The summed E-state index contributed by atoms with van der Waals surface area (Å²) < 4.78 is 38.2. The van der Waals surface area contributed by atoms with Crippen molar-refractivity contribution in [2.45, 2.75) is 119 Å². The molecule has 3 fully saturated rings. The van der Waals surface area contributed by atoms with Crippen molar-refractivity contribution >= 4 is 5.91 Å². The number of halogens is 1. The van der Waals surface area contributed by atoms with Gasteiger partial charge in [0.1, 0.15) is 12.3 Å². The van der Waals surface area contributed by atoms with Crippen LogP contribution in [0.2, 0.25) is 0 Å². The van der Waals surface area contributed by atoms with Crippen LogP contribution in [-0.4, -0.2) is 104 Å². The molecule has 35 heavy (non-hydrogen) atoms. The summed E-state index contributed by atoms with van der Waals surface area (Å²) in [7, 11) is 1.89. The van der Waals surface area contributed by atoms with Crippen molar-refractivity contribution in [1.82, 2.24) is 10.6 Å². The Bertz CT molecular complexity index is 665. The molecule has 2 heterocycles. The summed E-state index contributed by atoms with van der Waals surface area (Å²) in [6.45, 7) is 1.52. The van der Waals surface area contributed by atoms with Crippen LogP contribution in [0, 0.1) is 0 Å². The Morgan fingerprint density at radius 3 is 2.57 bits per heavy atom. The maximum absolute atomic E-state index is 13.7. The number of nitrogens with one attached hydrogen (secondary N) is 2. The molecule has 0 spiro atoms. The van der Waals surface area contributed by atoms with E-state index in [1.807, 2.05) is 7.05 Å². The van der Waals surface area contributed by atoms with E-state index in [2.05, 4.69) is 17.6 Å². The maximum Gasteiger partial charge on any atom is 0.252 e. The lowest BCUT2D eigenvalue weighted by atomic mass is 9.86. The molecule has 11 atom stereocenters. The van der Waals surface area contributed by atoms with Gasteiger partial charge in [-0.1, -0.05) is 0 Å². The third-order valence-corrected chi connectivity index (χ3v) is 7.22. The van der Waals surface area contributed by atoms with Crippen LogP contribution < -0.4 is 22.1 Å². The van der Waals surface area contributed by atoms with Crippen molar-refractivity contribution in [3.63, 3.8) is 0 Å². The van der Waals surface area contributed by atoms with E-state index in [9.17, 15) is 19.4 Å². The highest BCUT2D eigenvalue weighted by molar-refractivity contribution is 5.81. The number of rotatable bonds is 11. The van der Waals surface area contributed by atoms with E-state index in [0.29, 0.717) is 25.7 Å². The normalized spacial score (nSPS) is 38.6. The fourth-order valence-corrected chi connectivity index (χ4v) is 5.02. The van der Waals surface area contributed by atoms with Gasteiger partial charge in [-0.3, -0.25) is 4.79 Å². The molecule has 3 aliphatic rings. The number of ether oxygens (including phenoxy) is 4. The van der Waals surface area contributed by atoms with Crippen LogP contribution in [0.4, 0.5) is 4.39 Å². The average molecular weight is 507 g/mol. The van der Waals surface area contributed by atoms with E-state index < -0.39 is 61.6 Å². The maximum atomic E-state index is 13.7. The third kappa shape index (κ3) is 7.76. The molecule has 0 aromatic heterocycles. The van der Waals surface area contributed by atoms with Gasteiger partial charge in [-0.05, 0) is 52.5 Å². The Labute approximate surface area is 206 Å². The molecular weight excluding hydrogens is 463 g/mol. The van der Waals surface area contributed by atoms with Crippen molar-refractivity contribution in [3.8, 4) is 0 Å². The summed E-state index contributed by atoms with van der Waals surface area (Å²) in [5.74, 6) is -0.838. The summed E-state index contributed by atoms with van der Waals surface area (Å²) in [6, 6.07) is -0.788. The van der Waals surface area contributed by atoms with Gasteiger partial charge in [0.25, 0.3) is 5.91 Å². The number of amides is 1. The number of aliphatic hydroxyl groups excluding tert-OH is 2. The second kappa shape index (κ2) is 13.5. The number of carbonyl (C=O) groups is 1. The van der Waals surface area contributed by atoms with Crippen molar-refractivity contribution in [2.75, 3.05) is 20.2 Å². The molecule has 0 radical (unpaired) electrons. The predicted molar refractivity (Wildman–Crippen MR) is 125 cm³/mol. The molecule has 1 amide bonds. The zero-order valence-electron chi connectivity index (χ0n) is 20.7. The highest BCUT2D eigenvalue weighted by Gasteiger charge is 2.43. The number of likely N-dealkylation sites (N-methyl/N-ethyl adjacent to an activating group) is 1. The molecule has 0 aromatic rings. The Kier molecular flexibility index (Phi) is 11.1. The van der Waals surface area contributed by atoms with E-state index >= 15 is 0 Å². The Morgan fingerprint density at radius 1 is 1.17 bits per heavy atom. The lowest BCUT2D eigenvalue weighted by Crippen LogP contribution is -2.59. The Balaban J connectivity index is 1.67. The van der Waals surface area contributed by atoms with Crippen LogP contribution in [0.5, 0.6) is 0 Å². The molecule has 1 saturated carbocycles. The summed E-state index contributed by atoms with van der Waals surface area (Å²) >= 11 is 0. The average Bonchev–Trinajstić information content (AvgIpc) is 3.32. The first kappa shape index (κ1) is 28.6. The van der Waals surface area contributed by atoms with E-state index in [1.165, 1.54) is 0 Å². The van der Waals surface area contributed by atoms with Gasteiger partial charge in [-0.25, -0.2) is 4.39 Å². The molecular formula is C23H43FN4O7. The molecule has 0 bridgehead atoms. The zero-order valence-corrected chi connectivity index (χ0v) is 20.7. The molecule has 3 rings (SSSR count). The van der Waals surface area contributed by atoms with E-state index in [-0.39, 0.29) is 24.9 Å². The number of hydrogen-bond donors (Lipinski definition) is 6. The summed E-state index contributed by atoms with van der Waals surface area (Å²) in [5, 5.41) is 25.2. The Morgan fingerprint density at radius 2 is 1.91 bits per heavy atom. The molecule has 12 heteroatoms. The van der Waals surface area contributed by atoms with Gasteiger partial charge in [0.05, 0.1) is 24.9 Å². The molecule has 0 aromatic carbocycles. The fourth-order valence-electron chi connectivity index (χ4n) is 5.02. The van der Waals surface area contributed by atoms with Gasteiger partial charge in [0.15, 0.2) is 18.7 Å². The van der Waals surface area contributed by atoms with E-state index in [1.54, 1.807) is 0 Å². The van der Waals surface area contributed by atoms with Gasteiger partial charge in [0.2, 0.25) is 0 Å². The standard InChI is InChI=1S/C23H43FN4O7/c1-12(27-2)17-4-3-5-19(33-17)35-22-16(26)8-13(28-23(31)21(30)15(24)10-25)9-18(22)34-20-7-6-14(11-29)32-20/h12-22,27,29-30H,3-11,25-26H2,1-2H3,(H,28,31)/t12-,13?,14?,15?,16?,17?,18?,19+,20?,21?,22+/m0/s1. The summed E-state index contributed by atoms with van der Waals surface area (Å²) in [5.41, 5.74) is 11.7. The molecule has 8 N–H and O–H groups in total. The Hall–Kier alpha value is -0.960. The zero-order chi connectivity index (χ0) is 25.5. The van der Waals surface area contributed by atoms with Crippen molar-refractivity contribution in [3.05, 3.63) is 0 Å². The SMILES string of the molecule is CN[C@@H](C)C1CCC[C@@H](O[C@@H]2C(N)CC(NC(=O)C(O)C(F)CN)CC2OC2CCC(CO)O2)O1. The van der Waals surface area contributed by atoms with Crippen LogP contribution in [0.15, 0.2) is 0 Å². The first-order valence-corrected chi connectivity index (χ1v) is 12.7. The van der Waals surface area contributed by atoms with Crippen molar-refractivity contribution < 1.29 is 38.3 Å². The van der Waals surface area contributed by atoms with Crippen molar-refractivity contribution in [1.29, 1.82) is 0 Å². The summed E-state index contributed by atoms with van der Waals surface area (Å²) in [4.78, 5) is 12.3. The van der Waals surface area contributed by atoms with Crippen molar-refractivity contribution in [2.24, 2.45) is 11.5 Å². The first-order valence-electron chi connectivity index (χ1n) is 12.7. The highest BCUT2D eigenvalue weighted by atomic mass is 19.1. The van der Waals surface area contributed by atoms with Crippen LogP contribution in [0.3, 0.4) is 0 Å². The first-order chi connectivity index (χ1) is 16.7. The van der Waals surface area contributed by atoms with Crippen LogP contribution >= 0.6 is 0 Å². The molecule has 2 aliphatic heterocycles. The summed E-state index contributed by atoms with van der Waals surface area (Å²) in [6.07, 6.45) is -1.39. The van der Waals surface area contributed by atoms with Crippen LogP contribution in [0.1, 0.15) is 51.9 Å². The largest absolute Gasteiger partial charge is 0.394 e. The third-order valence-electron chi connectivity index (χ3n) is 7.22.